The van der Waals surface area contributed by atoms with Crippen LogP contribution in [0.4, 0.5) is 0 Å². The molecule has 0 saturated heterocycles. The standard InChI is InChI=1S/C16H33NO/c1-13(2)17-12-16(4,18-5)11-10-14(3)15-8-6-7-9-15/h13-15,17H,6-12H2,1-5H3. The summed E-state index contributed by atoms with van der Waals surface area (Å²) >= 11 is 0. The van der Waals surface area contributed by atoms with Crippen LogP contribution in [0.25, 0.3) is 0 Å². The summed E-state index contributed by atoms with van der Waals surface area (Å²) in [4.78, 5) is 0. The number of rotatable bonds is 8. The number of nitrogens with one attached hydrogen (secondary N) is 1. The molecular formula is C16H33NO. The summed E-state index contributed by atoms with van der Waals surface area (Å²) in [5.41, 5.74) is -0.00284. The van der Waals surface area contributed by atoms with E-state index in [2.05, 4.69) is 33.0 Å². The lowest BCUT2D eigenvalue weighted by Gasteiger charge is -2.31. The fourth-order valence-electron chi connectivity index (χ4n) is 2.98. The maximum atomic E-state index is 5.74. The zero-order chi connectivity index (χ0) is 13.6. The average molecular weight is 255 g/mol. The Morgan fingerprint density at radius 3 is 2.33 bits per heavy atom. The van der Waals surface area contributed by atoms with E-state index >= 15 is 0 Å². The first-order chi connectivity index (χ1) is 8.47. The molecule has 0 bridgehead atoms. The molecule has 108 valence electrons. The van der Waals surface area contributed by atoms with Gasteiger partial charge >= 0.3 is 0 Å². The van der Waals surface area contributed by atoms with Crippen molar-refractivity contribution in [3.63, 3.8) is 0 Å². The van der Waals surface area contributed by atoms with Crippen LogP contribution in [0.3, 0.4) is 0 Å². The summed E-state index contributed by atoms with van der Waals surface area (Å²) in [5, 5.41) is 3.51. The molecule has 1 N–H and O–H groups in total. The summed E-state index contributed by atoms with van der Waals surface area (Å²) in [5.74, 6) is 1.84. The fraction of sp³-hybridized carbons (Fsp3) is 1.00. The van der Waals surface area contributed by atoms with Crippen LogP contribution in [-0.2, 0) is 4.74 Å². The summed E-state index contributed by atoms with van der Waals surface area (Å²) in [6.07, 6.45) is 8.27. The second-order valence-electron chi connectivity index (χ2n) is 6.75. The molecule has 1 aliphatic carbocycles. The lowest BCUT2D eigenvalue weighted by atomic mass is 9.85. The van der Waals surface area contributed by atoms with E-state index < -0.39 is 0 Å². The van der Waals surface area contributed by atoms with Crippen molar-refractivity contribution >= 4 is 0 Å². The molecule has 2 unspecified atom stereocenters. The van der Waals surface area contributed by atoms with E-state index in [0.29, 0.717) is 6.04 Å². The Hall–Kier alpha value is -0.0800. The van der Waals surface area contributed by atoms with Crippen LogP contribution in [-0.4, -0.2) is 25.3 Å². The summed E-state index contributed by atoms with van der Waals surface area (Å²) < 4.78 is 5.74. The van der Waals surface area contributed by atoms with Crippen molar-refractivity contribution in [2.24, 2.45) is 11.8 Å². The molecule has 1 saturated carbocycles. The first kappa shape index (κ1) is 16.0. The lowest BCUT2D eigenvalue weighted by Crippen LogP contribution is -2.42. The van der Waals surface area contributed by atoms with Gasteiger partial charge in [-0.25, -0.2) is 0 Å². The molecule has 0 radical (unpaired) electrons. The van der Waals surface area contributed by atoms with Crippen LogP contribution in [0.5, 0.6) is 0 Å². The highest BCUT2D eigenvalue weighted by Crippen LogP contribution is 2.34. The van der Waals surface area contributed by atoms with Gasteiger partial charge in [-0.05, 0) is 31.6 Å². The van der Waals surface area contributed by atoms with Gasteiger partial charge in [0.05, 0.1) is 5.60 Å². The molecule has 0 aromatic carbocycles. The highest BCUT2D eigenvalue weighted by Gasteiger charge is 2.27. The Bertz CT molecular complexity index is 223. The van der Waals surface area contributed by atoms with Crippen LogP contribution < -0.4 is 5.32 Å². The largest absolute Gasteiger partial charge is 0.377 e. The third-order valence-electron chi connectivity index (χ3n) is 4.71. The smallest absolute Gasteiger partial charge is 0.0774 e. The van der Waals surface area contributed by atoms with Gasteiger partial charge in [0, 0.05) is 19.7 Å². The Labute approximate surface area is 114 Å². The summed E-state index contributed by atoms with van der Waals surface area (Å²) in [7, 11) is 1.85. The van der Waals surface area contributed by atoms with Crippen molar-refractivity contribution < 1.29 is 4.74 Å². The van der Waals surface area contributed by atoms with Crippen LogP contribution in [0, 0.1) is 11.8 Å². The third-order valence-corrected chi connectivity index (χ3v) is 4.71. The van der Waals surface area contributed by atoms with Crippen molar-refractivity contribution in [3.8, 4) is 0 Å². The van der Waals surface area contributed by atoms with Crippen molar-refractivity contribution in [1.82, 2.24) is 5.32 Å². The van der Waals surface area contributed by atoms with E-state index in [1.807, 2.05) is 7.11 Å². The van der Waals surface area contributed by atoms with E-state index in [0.717, 1.165) is 18.4 Å². The van der Waals surface area contributed by atoms with Crippen LogP contribution in [0.15, 0.2) is 0 Å². The van der Waals surface area contributed by atoms with E-state index in [1.165, 1.54) is 38.5 Å². The molecule has 0 amide bonds. The minimum atomic E-state index is -0.00284. The van der Waals surface area contributed by atoms with Crippen LogP contribution in [0.2, 0.25) is 0 Å². The molecule has 0 spiro atoms. The van der Waals surface area contributed by atoms with E-state index in [9.17, 15) is 0 Å². The SMILES string of the molecule is COC(C)(CCC(C)C1CCCC1)CNC(C)C. The second kappa shape index (κ2) is 7.49. The average Bonchev–Trinajstić information content (AvgIpc) is 2.87. The van der Waals surface area contributed by atoms with Gasteiger partial charge in [-0.3, -0.25) is 0 Å². The van der Waals surface area contributed by atoms with Gasteiger partial charge in [-0.15, -0.1) is 0 Å². The molecule has 1 rings (SSSR count). The molecule has 2 atom stereocenters. The molecule has 2 heteroatoms. The second-order valence-corrected chi connectivity index (χ2v) is 6.75. The predicted octanol–water partition coefficient (Wildman–Crippen LogP) is 4.00. The number of methoxy groups -OCH3 is 1. The van der Waals surface area contributed by atoms with E-state index in [1.54, 1.807) is 0 Å². The van der Waals surface area contributed by atoms with Crippen molar-refractivity contribution in [3.05, 3.63) is 0 Å². The predicted molar refractivity (Wildman–Crippen MR) is 78.9 cm³/mol. The Morgan fingerprint density at radius 2 is 1.83 bits per heavy atom. The first-order valence-corrected chi connectivity index (χ1v) is 7.75. The number of hydrogen-bond acceptors (Lipinski definition) is 2. The minimum absolute atomic E-state index is 0.00284. The normalized spacial score (nSPS) is 22.3. The highest BCUT2D eigenvalue weighted by molar-refractivity contribution is 4.81. The molecule has 0 aromatic heterocycles. The van der Waals surface area contributed by atoms with Gasteiger partial charge in [0.1, 0.15) is 0 Å². The molecule has 18 heavy (non-hydrogen) atoms. The van der Waals surface area contributed by atoms with Crippen molar-refractivity contribution in [2.45, 2.75) is 77.9 Å². The Kier molecular flexibility index (Phi) is 6.65. The Balaban J connectivity index is 2.32. The van der Waals surface area contributed by atoms with E-state index in [4.69, 9.17) is 4.74 Å². The lowest BCUT2D eigenvalue weighted by molar-refractivity contribution is -0.00748. The van der Waals surface area contributed by atoms with E-state index in [-0.39, 0.29) is 5.60 Å². The number of ether oxygens (including phenoxy) is 1. The van der Waals surface area contributed by atoms with Gasteiger partial charge in [0.2, 0.25) is 0 Å². The number of hydrogen-bond donors (Lipinski definition) is 1. The highest BCUT2D eigenvalue weighted by atomic mass is 16.5. The van der Waals surface area contributed by atoms with Crippen LogP contribution >= 0.6 is 0 Å². The molecule has 0 heterocycles. The molecule has 0 aromatic rings. The quantitative estimate of drug-likeness (QED) is 0.708. The molecular weight excluding hydrogens is 222 g/mol. The summed E-state index contributed by atoms with van der Waals surface area (Å²) in [6.45, 7) is 10.0. The van der Waals surface area contributed by atoms with Crippen LogP contribution in [0.1, 0.15) is 66.2 Å². The van der Waals surface area contributed by atoms with Gasteiger partial charge in [0.15, 0.2) is 0 Å². The summed E-state index contributed by atoms with van der Waals surface area (Å²) in [6, 6.07) is 0.534. The fourth-order valence-corrected chi connectivity index (χ4v) is 2.98. The molecule has 0 aliphatic heterocycles. The van der Waals surface area contributed by atoms with Gasteiger partial charge in [-0.1, -0.05) is 46.5 Å². The van der Waals surface area contributed by atoms with Gasteiger partial charge in [-0.2, -0.15) is 0 Å². The molecule has 2 nitrogen and oxygen atoms in total. The van der Waals surface area contributed by atoms with Crippen molar-refractivity contribution in [2.75, 3.05) is 13.7 Å². The maximum absolute atomic E-state index is 5.74. The van der Waals surface area contributed by atoms with Gasteiger partial charge in [0.25, 0.3) is 0 Å². The topological polar surface area (TPSA) is 21.3 Å². The third kappa shape index (κ3) is 5.27. The monoisotopic (exact) mass is 255 g/mol. The maximum Gasteiger partial charge on any atom is 0.0774 e. The zero-order valence-electron chi connectivity index (χ0n) is 13.1. The molecule has 1 aliphatic rings. The van der Waals surface area contributed by atoms with Gasteiger partial charge < -0.3 is 10.1 Å². The Morgan fingerprint density at radius 1 is 1.22 bits per heavy atom. The van der Waals surface area contributed by atoms with Crippen molar-refractivity contribution in [1.29, 1.82) is 0 Å². The first-order valence-electron chi connectivity index (χ1n) is 7.75. The zero-order valence-corrected chi connectivity index (χ0v) is 13.1. The molecule has 1 fully saturated rings. The minimum Gasteiger partial charge on any atom is -0.377 e.